The normalized spacial score (nSPS) is 11.3. The average Bonchev–Trinajstić information content (AvgIpc) is 3.22. The van der Waals surface area contributed by atoms with Crippen LogP contribution in [-0.4, -0.2) is 22.5 Å². The molecule has 0 bridgehead atoms. The Morgan fingerprint density at radius 3 is 2.80 bits per heavy atom. The largest absolute Gasteiger partial charge is 0.573 e. The number of nitrogens with zero attached hydrogens (tertiary/aromatic N) is 1. The van der Waals surface area contributed by atoms with Crippen molar-refractivity contribution in [1.82, 2.24) is 15.5 Å². The average molecular weight is 367 g/mol. The second-order valence-corrected chi connectivity index (χ2v) is 5.96. The number of ether oxygens (including phenoxy) is 1. The van der Waals surface area contributed by atoms with E-state index in [4.69, 9.17) is 0 Å². The molecule has 25 heavy (non-hydrogen) atoms. The van der Waals surface area contributed by atoms with Crippen LogP contribution in [-0.2, 0) is 6.54 Å². The molecule has 0 unspecified atom stereocenters. The fraction of sp³-hybridized carbons (Fsp3) is 0.125. The molecule has 9 heteroatoms. The van der Waals surface area contributed by atoms with Crippen LogP contribution in [0.1, 0.15) is 16.1 Å². The van der Waals surface area contributed by atoms with Crippen LogP contribution in [0.3, 0.4) is 0 Å². The molecule has 130 valence electrons. The number of hydrogen-bond acceptors (Lipinski definition) is 4. The van der Waals surface area contributed by atoms with Gasteiger partial charge in [0.15, 0.2) is 0 Å². The minimum Gasteiger partial charge on any atom is -0.406 e. The maximum absolute atomic E-state index is 12.2. The third kappa shape index (κ3) is 4.60. The number of aromatic amines is 1. The molecular weight excluding hydrogens is 355 g/mol. The maximum atomic E-state index is 12.2. The van der Waals surface area contributed by atoms with Crippen molar-refractivity contribution in [2.75, 3.05) is 0 Å². The molecule has 0 aliphatic heterocycles. The minimum atomic E-state index is -4.80. The SMILES string of the molecule is O=C(NCc1cc(-c2cccs2)n[nH]1)c1cccc(OC(F)(F)F)c1. The summed E-state index contributed by atoms with van der Waals surface area (Å²) in [7, 11) is 0. The van der Waals surface area contributed by atoms with E-state index in [0.717, 1.165) is 22.7 Å². The van der Waals surface area contributed by atoms with Crippen molar-refractivity contribution in [1.29, 1.82) is 0 Å². The van der Waals surface area contributed by atoms with Gasteiger partial charge in [0, 0.05) is 5.56 Å². The van der Waals surface area contributed by atoms with Crippen LogP contribution in [0.2, 0.25) is 0 Å². The van der Waals surface area contributed by atoms with Gasteiger partial charge in [0.05, 0.1) is 17.1 Å². The van der Waals surface area contributed by atoms with E-state index in [0.29, 0.717) is 5.69 Å². The van der Waals surface area contributed by atoms with Gasteiger partial charge in [0.2, 0.25) is 0 Å². The van der Waals surface area contributed by atoms with Gasteiger partial charge < -0.3 is 10.1 Å². The summed E-state index contributed by atoms with van der Waals surface area (Å²) in [6.07, 6.45) is -4.80. The lowest BCUT2D eigenvalue weighted by Gasteiger charge is -2.10. The second kappa shape index (κ2) is 6.98. The Labute approximate surface area is 144 Å². The Hall–Kier alpha value is -2.81. The number of aromatic nitrogens is 2. The van der Waals surface area contributed by atoms with E-state index in [1.54, 1.807) is 17.4 Å². The molecular formula is C16H12F3N3O2S. The van der Waals surface area contributed by atoms with Crippen LogP contribution in [0.4, 0.5) is 13.2 Å². The number of nitrogens with one attached hydrogen (secondary N) is 2. The lowest BCUT2D eigenvalue weighted by molar-refractivity contribution is -0.274. The molecule has 0 radical (unpaired) electrons. The van der Waals surface area contributed by atoms with E-state index < -0.39 is 18.0 Å². The van der Waals surface area contributed by atoms with Crippen LogP contribution in [0, 0.1) is 0 Å². The van der Waals surface area contributed by atoms with Crippen LogP contribution >= 0.6 is 11.3 Å². The van der Waals surface area contributed by atoms with E-state index in [9.17, 15) is 18.0 Å². The summed E-state index contributed by atoms with van der Waals surface area (Å²) in [6.45, 7) is 0.168. The molecule has 0 saturated heterocycles. The predicted octanol–water partition coefficient (Wildman–Crippen LogP) is 3.97. The van der Waals surface area contributed by atoms with E-state index >= 15 is 0 Å². The zero-order valence-corrected chi connectivity index (χ0v) is 13.4. The van der Waals surface area contributed by atoms with E-state index in [1.807, 2.05) is 17.5 Å². The van der Waals surface area contributed by atoms with Crippen LogP contribution in [0.5, 0.6) is 5.75 Å². The summed E-state index contributed by atoms with van der Waals surface area (Å²) in [4.78, 5) is 13.1. The quantitative estimate of drug-likeness (QED) is 0.717. The third-order valence-electron chi connectivity index (χ3n) is 3.17. The highest BCUT2D eigenvalue weighted by Crippen LogP contribution is 2.24. The third-order valence-corrected chi connectivity index (χ3v) is 4.07. The van der Waals surface area contributed by atoms with Crippen LogP contribution in [0.25, 0.3) is 10.6 Å². The number of rotatable bonds is 5. The van der Waals surface area contributed by atoms with Crippen molar-refractivity contribution in [2.45, 2.75) is 12.9 Å². The number of hydrogen-bond donors (Lipinski definition) is 2. The van der Waals surface area contributed by atoms with Crippen LogP contribution in [0.15, 0.2) is 47.8 Å². The molecule has 2 heterocycles. The Balaban J connectivity index is 1.62. The highest BCUT2D eigenvalue weighted by atomic mass is 32.1. The summed E-state index contributed by atoms with van der Waals surface area (Å²) < 4.78 is 40.5. The molecule has 0 saturated carbocycles. The van der Waals surface area contributed by atoms with Gasteiger partial charge in [-0.3, -0.25) is 9.89 Å². The van der Waals surface area contributed by atoms with E-state index in [-0.39, 0.29) is 12.1 Å². The summed E-state index contributed by atoms with van der Waals surface area (Å²) in [5, 5.41) is 11.5. The molecule has 1 amide bonds. The Kier molecular flexibility index (Phi) is 4.75. The molecule has 0 atom stereocenters. The van der Waals surface area contributed by atoms with Crippen molar-refractivity contribution in [3.05, 3.63) is 59.1 Å². The molecule has 0 aliphatic carbocycles. The van der Waals surface area contributed by atoms with Gasteiger partial charge in [0.25, 0.3) is 5.91 Å². The smallest absolute Gasteiger partial charge is 0.406 e. The number of carbonyl (C=O) groups excluding carboxylic acids is 1. The molecule has 3 rings (SSSR count). The molecule has 5 nitrogen and oxygen atoms in total. The van der Waals surface area contributed by atoms with E-state index in [1.165, 1.54) is 12.1 Å². The molecule has 2 aromatic heterocycles. The molecule has 3 aromatic rings. The fourth-order valence-corrected chi connectivity index (χ4v) is 2.80. The summed E-state index contributed by atoms with van der Waals surface area (Å²) in [5.74, 6) is -0.957. The first kappa shape index (κ1) is 17.0. The summed E-state index contributed by atoms with van der Waals surface area (Å²) >= 11 is 1.54. The maximum Gasteiger partial charge on any atom is 0.573 e. The standard InChI is InChI=1S/C16H12F3N3O2S/c17-16(18,19)24-12-4-1-3-10(7-12)15(23)20-9-11-8-13(22-21-11)14-5-2-6-25-14/h1-8H,9H2,(H,20,23)(H,21,22). The summed E-state index contributed by atoms with van der Waals surface area (Å²) in [6, 6.07) is 10.5. The van der Waals surface area contributed by atoms with Gasteiger partial charge in [-0.25, -0.2) is 0 Å². The Morgan fingerprint density at radius 1 is 1.24 bits per heavy atom. The van der Waals surface area contributed by atoms with Crippen molar-refractivity contribution >= 4 is 17.2 Å². The first-order valence-electron chi connectivity index (χ1n) is 7.13. The molecule has 1 aromatic carbocycles. The summed E-state index contributed by atoms with van der Waals surface area (Å²) in [5.41, 5.74) is 1.51. The van der Waals surface area contributed by atoms with Crippen LogP contribution < -0.4 is 10.1 Å². The topological polar surface area (TPSA) is 67.0 Å². The van der Waals surface area contributed by atoms with Gasteiger partial charge >= 0.3 is 6.36 Å². The molecule has 2 N–H and O–H groups in total. The number of carbonyl (C=O) groups is 1. The lowest BCUT2D eigenvalue weighted by atomic mass is 10.2. The van der Waals surface area contributed by atoms with Gasteiger partial charge in [-0.05, 0) is 35.7 Å². The van der Waals surface area contributed by atoms with Crippen molar-refractivity contribution in [2.24, 2.45) is 0 Å². The van der Waals surface area contributed by atoms with Gasteiger partial charge in [-0.15, -0.1) is 24.5 Å². The fourth-order valence-electron chi connectivity index (χ4n) is 2.11. The molecule has 0 spiro atoms. The van der Waals surface area contributed by atoms with E-state index in [2.05, 4.69) is 20.3 Å². The van der Waals surface area contributed by atoms with Crippen molar-refractivity contribution in [3.63, 3.8) is 0 Å². The Bertz CT molecular complexity index is 860. The first-order valence-corrected chi connectivity index (χ1v) is 8.01. The zero-order valence-electron chi connectivity index (χ0n) is 12.6. The highest BCUT2D eigenvalue weighted by molar-refractivity contribution is 7.13. The molecule has 0 aliphatic rings. The van der Waals surface area contributed by atoms with Crippen molar-refractivity contribution in [3.8, 4) is 16.3 Å². The van der Waals surface area contributed by atoms with Crippen molar-refractivity contribution < 1.29 is 22.7 Å². The predicted molar refractivity (Wildman–Crippen MR) is 86.2 cm³/mol. The minimum absolute atomic E-state index is 0.0692. The second-order valence-electron chi connectivity index (χ2n) is 5.01. The number of H-pyrrole nitrogens is 1. The van der Waals surface area contributed by atoms with Gasteiger partial charge in [-0.2, -0.15) is 5.10 Å². The molecule has 0 fully saturated rings. The zero-order chi connectivity index (χ0) is 17.9. The number of halogens is 3. The Morgan fingerprint density at radius 2 is 2.08 bits per heavy atom. The van der Waals surface area contributed by atoms with Gasteiger partial charge in [-0.1, -0.05) is 12.1 Å². The lowest BCUT2D eigenvalue weighted by Crippen LogP contribution is -2.23. The first-order chi connectivity index (χ1) is 11.9. The number of benzene rings is 1. The number of alkyl halides is 3. The number of thiophene rings is 1. The van der Waals surface area contributed by atoms with Gasteiger partial charge in [0.1, 0.15) is 11.4 Å². The highest BCUT2D eigenvalue weighted by Gasteiger charge is 2.31. The monoisotopic (exact) mass is 367 g/mol. The number of amides is 1.